The van der Waals surface area contributed by atoms with Crippen LogP contribution in [-0.4, -0.2) is 36.2 Å². The van der Waals surface area contributed by atoms with Gasteiger partial charge in [-0.25, -0.2) is 0 Å². The summed E-state index contributed by atoms with van der Waals surface area (Å²) in [5.41, 5.74) is 3.22. The first-order chi connectivity index (χ1) is 15.7. The van der Waals surface area contributed by atoms with Crippen LogP contribution >= 0.6 is 0 Å². The lowest BCUT2D eigenvalue weighted by Gasteiger charge is -2.38. The number of methoxy groups -OCH3 is 1. The first kappa shape index (κ1) is 21.9. The molecule has 0 aromatic heterocycles. The number of aliphatic carboxylic acids is 1. The summed E-state index contributed by atoms with van der Waals surface area (Å²) >= 11 is 0. The van der Waals surface area contributed by atoms with Crippen molar-refractivity contribution in [3.05, 3.63) is 95.6 Å². The van der Waals surface area contributed by atoms with Crippen LogP contribution in [0.2, 0.25) is 0 Å². The number of carboxylic acids is 1. The Hall–Kier alpha value is -3.31. The number of benzene rings is 3. The molecule has 3 aromatic carbocycles. The highest BCUT2D eigenvalue weighted by Gasteiger charge is 2.32. The molecule has 166 valence electrons. The molecular formula is C27H29NO4. The number of hydrogen-bond donors (Lipinski definition) is 1. The van der Waals surface area contributed by atoms with Gasteiger partial charge in [-0.3, -0.25) is 9.69 Å². The van der Waals surface area contributed by atoms with E-state index in [0.29, 0.717) is 32.5 Å². The van der Waals surface area contributed by atoms with Gasteiger partial charge in [-0.2, -0.15) is 0 Å². The van der Waals surface area contributed by atoms with Gasteiger partial charge < -0.3 is 14.6 Å². The van der Waals surface area contributed by atoms with Crippen LogP contribution in [0.25, 0.3) is 0 Å². The zero-order valence-electron chi connectivity index (χ0n) is 18.3. The molecule has 0 radical (unpaired) electrons. The summed E-state index contributed by atoms with van der Waals surface area (Å²) in [6.45, 7) is 1.89. The molecule has 32 heavy (non-hydrogen) atoms. The number of rotatable bonds is 8. The Kier molecular flexibility index (Phi) is 7.07. The van der Waals surface area contributed by atoms with Crippen LogP contribution in [0.1, 0.15) is 35.6 Å². The largest absolute Gasteiger partial charge is 0.496 e. The monoisotopic (exact) mass is 431 g/mol. The molecule has 1 N–H and O–H groups in total. The Morgan fingerprint density at radius 1 is 0.906 bits per heavy atom. The van der Waals surface area contributed by atoms with Gasteiger partial charge >= 0.3 is 5.97 Å². The summed E-state index contributed by atoms with van der Waals surface area (Å²) in [5, 5.41) is 9.44. The average molecular weight is 432 g/mol. The van der Waals surface area contributed by atoms with E-state index in [-0.39, 0.29) is 12.0 Å². The maximum absolute atomic E-state index is 11.5. The lowest BCUT2D eigenvalue weighted by atomic mass is 9.90. The molecule has 0 aliphatic carbocycles. The third kappa shape index (κ3) is 4.94. The van der Waals surface area contributed by atoms with E-state index in [9.17, 15) is 9.90 Å². The van der Waals surface area contributed by atoms with Crippen molar-refractivity contribution < 1.29 is 19.4 Å². The maximum atomic E-state index is 11.5. The van der Waals surface area contributed by atoms with Crippen LogP contribution in [-0.2, 0) is 11.4 Å². The quantitative estimate of drug-likeness (QED) is 0.534. The molecule has 1 aliphatic rings. The van der Waals surface area contributed by atoms with Crippen molar-refractivity contribution in [2.24, 2.45) is 5.92 Å². The molecule has 3 aromatic rings. The summed E-state index contributed by atoms with van der Waals surface area (Å²) in [6, 6.07) is 26.2. The van der Waals surface area contributed by atoms with E-state index < -0.39 is 5.97 Å². The highest BCUT2D eigenvalue weighted by Crippen LogP contribution is 2.40. The zero-order chi connectivity index (χ0) is 22.3. The van der Waals surface area contributed by atoms with Crippen LogP contribution in [0.3, 0.4) is 0 Å². The molecular weight excluding hydrogens is 402 g/mol. The Labute approximate surface area is 189 Å². The first-order valence-electron chi connectivity index (χ1n) is 11.0. The van der Waals surface area contributed by atoms with Gasteiger partial charge in [-0.05, 0) is 43.6 Å². The molecule has 0 bridgehead atoms. The summed E-state index contributed by atoms with van der Waals surface area (Å²) < 4.78 is 12.0. The zero-order valence-corrected chi connectivity index (χ0v) is 18.3. The fourth-order valence-electron chi connectivity index (χ4n) is 4.43. The van der Waals surface area contributed by atoms with E-state index in [1.165, 1.54) is 0 Å². The molecule has 0 saturated carbocycles. The average Bonchev–Trinajstić information content (AvgIpc) is 2.85. The first-order valence-corrected chi connectivity index (χ1v) is 11.0. The fraction of sp³-hybridized carbons (Fsp3) is 0.296. The van der Waals surface area contributed by atoms with E-state index in [1.54, 1.807) is 7.11 Å². The molecule has 0 spiro atoms. The van der Waals surface area contributed by atoms with Crippen molar-refractivity contribution in [2.45, 2.75) is 25.5 Å². The minimum atomic E-state index is -0.704. The molecule has 1 unspecified atom stereocenters. The third-order valence-corrected chi connectivity index (χ3v) is 6.13. The van der Waals surface area contributed by atoms with Crippen LogP contribution in [0.5, 0.6) is 11.5 Å². The van der Waals surface area contributed by atoms with Crippen LogP contribution in [0.4, 0.5) is 0 Å². The van der Waals surface area contributed by atoms with Crippen molar-refractivity contribution in [3.8, 4) is 11.5 Å². The van der Waals surface area contributed by atoms with Crippen molar-refractivity contribution in [1.29, 1.82) is 0 Å². The maximum Gasteiger partial charge on any atom is 0.306 e. The van der Waals surface area contributed by atoms with E-state index in [2.05, 4.69) is 29.2 Å². The predicted octanol–water partition coefficient (Wildman–Crippen LogP) is 5.16. The van der Waals surface area contributed by atoms with Crippen molar-refractivity contribution in [1.82, 2.24) is 4.90 Å². The van der Waals surface area contributed by atoms with Gasteiger partial charge in [0, 0.05) is 11.1 Å². The van der Waals surface area contributed by atoms with Gasteiger partial charge in [-0.15, -0.1) is 0 Å². The molecule has 1 aliphatic heterocycles. The second kappa shape index (κ2) is 10.3. The number of likely N-dealkylation sites (tertiary alicyclic amines) is 1. The van der Waals surface area contributed by atoms with Crippen molar-refractivity contribution in [3.63, 3.8) is 0 Å². The molecule has 5 nitrogen and oxygen atoms in total. The van der Waals surface area contributed by atoms with Gasteiger partial charge in [0.15, 0.2) is 0 Å². The molecule has 0 amide bonds. The highest BCUT2D eigenvalue weighted by molar-refractivity contribution is 5.70. The molecule has 1 heterocycles. The molecule has 1 fully saturated rings. The van der Waals surface area contributed by atoms with E-state index in [4.69, 9.17) is 9.47 Å². The lowest BCUT2D eigenvalue weighted by Crippen LogP contribution is -2.39. The van der Waals surface area contributed by atoms with Crippen LogP contribution in [0.15, 0.2) is 78.9 Å². The van der Waals surface area contributed by atoms with Crippen molar-refractivity contribution in [2.75, 3.05) is 20.2 Å². The smallest absolute Gasteiger partial charge is 0.306 e. The number of ether oxygens (including phenoxy) is 2. The summed E-state index contributed by atoms with van der Waals surface area (Å²) in [5.74, 6) is 0.655. The minimum absolute atomic E-state index is 0.0899. The van der Waals surface area contributed by atoms with Gasteiger partial charge in [0.25, 0.3) is 0 Å². The second-order valence-corrected chi connectivity index (χ2v) is 8.11. The van der Waals surface area contributed by atoms with E-state index in [0.717, 1.165) is 28.2 Å². The second-order valence-electron chi connectivity index (χ2n) is 8.11. The Bertz CT molecular complexity index is 1030. The van der Waals surface area contributed by atoms with Crippen molar-refractivity contribution >= 4 is 5.97 Å². The Balaban J connectivity index is 1.68. The fourth-order valence-corrected chi connectivity index (χ4v) is 4.43. The van der Waals surface area contributed by atoms with Gasteiger partial charge in [-0.1, -0.05) is 66.7 Å². The Morgan fingerprint density at radius 3 is 2.09 bits per heavy atom. The standard InChI is InChI=1S/C27H29NO4/c1-31-24-13-7-5-11-22(24)26(28-17-15-21(16-18-28)27(29)30)23-12-6-8-14-25(23)32-19-20-9-3-2-4-10-20/h2-14,21,26H,15-19H2,1H3,(H,29,30). The summed E-state index contributed by atoms with van der Waals surface area (Å²) in [7, 11) is 1.68. The van der Waals surface area contributed by atoms with Crippen LogP contribution in [0, 0.1) is 5.92 Å². The lowest BCUT2D eigenvalue weighted by molar-refractivity contribution is -0.143. The number of piperidine rings is 1. The molecule has 1 saturated heterocycles. The SMILES string of the molecule is COc1ccccc1C(c1ccccc1OCc1ccccc1)N1CCC(C(=O)O)CC1. The summed E-state index contributed by atoms with van der Waals surface area (Å²) in [6.07, 6.45) is 1.27. The normalized spacial score (nSPS) is 15.8. The summed E-state index contributed by atoms with van der Waals surface area (Å²) in [4.78, 5) is 13.8. The van der Waals surface area contributed by atoms with Crippen LogP contribution < -0.4 is 9.47 Å². The van der Waals surface area contributed by atoms with E-state index in [1.807, 2.05) is 54.6 Å². The Morgan fingerprint density at radius 2 is 1.47 bits per heavy atom. The molecule has 5 heteroatoms. The predicted molar refractivity (Wildman–Crippen MR) is 124 cm³/mol. The molecule has 1 atom stereocenters. The number of carbonyl (C=O) groups is 1. The number of hydrogen-bond acceptors (Lipinski definition) is 4. The van der Waals surface area contributed by atoms with Gasteiger partial charge in [0.2, 0.25) is 0 Å². The molecule has 4 rings (SSSR count). The number of carboxylic acid groups (broad SMARTS) is 1. The highest BCUT2D eigenvalue weighted by atomic mass is 16.5. The number of nitrogens with zero attached hydrogens (tertiary/aromatic N) is 1. The van der Waals surface area contributed by atoms with E-state index >= 15 is 0 Å². The van der Waals surface area contributed by atoms with Gasteiger partial charge in [0.05, 0.1) is 19.1 Å². The van der Waals surface area contributed by atoms with Gasteiger partial charge in [0.1, 0.15) is 18.1 Å². The topological polar surface area (TPSA) is 59.0 Å². The minimum Gasteiger partial charge on any atom is -0.496 e. The number of para-hydroxylation sites is 2. The third-order valence-electron chi connectivity index (χ3n) is 6.13.